The molecule has 0 N–H and O–H groups in total. The number of fused-ring (bicyclic) bond motifs is 1. The molecule has 1 saturated carbocycles. The summed E-state index contributed by atoms with van der Waals surface area (Å²) in [4.78, 5) is 0. The zero-order valence-corrected chi connectivity index (χ0v) is 11.1. The van der Waals surface area contributed by atoms with Crippen molar-refractivity contribution in [3.63, 3.8) is 0 Å². The van der Waals surface area contributed by atoms with Crippen LogP contribution in [-0.4, -0.2) is 0 Å². The van der Waals surface area contributed by atoms with Gasteiger partial charge in [-0.05, 0) is 24.7 Å². The summed E-state index contributed by atoms with van der Waals surface area (Å²) in [6, 6.07) is 0. The molecule has 3 atom stereocenters. The van der Waals surface area contributed by atoms with E-state index in [2.05, 4.69) is 33.8 Å². The standard InChI is InChI=1S/C11H17.Y/c1-7-5-8(2)10-6-9(7)11(10,3)4;/h5,7,9-10H,1,6H2,2-4H3;/q-1;. The van der Waals surface area contributed by atoms with E-state index in [1.165, 1.54) is 6.42 Å². The van der Waals surface area contributed by atoms with Gasteiger partial charge in [0, 0.05) is 32.7 Å². The average Bonchev–Trinajstić information content (AvgIpc) is 1.84. The Morgan fingerprint density at radius 2 is 2.08 bits per heavy atom. The molecule has 3 rings (SSSR count). The number of hydrogen-bond donors (Lipinski definition) is 0. The maximum Gasteiger partial charge on any atom is 0 e. The predicted molar refractivity (Wildman–Crippen MR) is 48.0 cm³/mol. The molecule has 0 aromatic carbocycles. The van der Waals surface area contributed by atoms with E-state index >= 15 is 0 Å². The van der Waals surface area contributed by atoms with Crippen molar-refractivity contribution in [3.8, 4) is 0 Å². The molecular weight excluding hydrogens is 221 g/mol. The molecule has 12 heavy (non-hydrogen) atoms. The fourth-order valence-corrected chi connectivity index (χ4v) is 3.03. The zero-order chi connectivity index (χ0) is 8.22. The molecule has 1 fully saturated rings. The monoisotopic (exact) mass is 238 g/mol. The summed E-state index contributed by atoms with van der Waals surface area (Å²) in [5, 5.41) is 0. The molecule has 3 aliphatic rings. The van der Waals surface area contributed by atoms with Gasteiger partial charge in [-0.2, -0.15) is 0 Å². The fraction of sp³-hybridized carbons (Fsp3) is 0.727. The van der Waals surface area contributed by atoms with Gasteiger partial charge in [0.25, 0.3) is 0 Å². The Morgan fingerprint density at radius 1 is 1.50 bits per heavy atom. The predicted octanol–water partition coefficient (Wildman–Crippen LogP) is 3.06. The van der Waals surface area contributed by atoms with E-state index in [4.69, 9.17) is 0 Å². The molecule has 1 heteroatoms. The van der Waals surface area contributed by atoms with Crippen LogP contribution in [0, 0.1) is 30.1 Å². The first-order valence-corrected chi connectivity index (χ1v) is 4.55. The van der Waals surface area contributed by atoms with E-state index in [0.29, 0.717) is 11.3 Å². The number of rotatable bonds is 0. The van der Waals surface area contributed by atoms with E-state index < -0.39 is 0 Å². The van der Waals surface area contributed by atoms with Crippen LogP contribution >= 0.6 is 0 Å². The van der Waals surface area contributed by atoms with Crippen molar-refractivity contribution in [2.24, 2.45) is 23.2 Å². The van der Waals surface area contributed by atoms with Gasteiger partial charge in [-0.3, -0.25) is 0 Å². The van der Waals surface area contributed by atoms with Crippen molar-refractivity contribution in [1.29, 1.82) is 0 Å². The first-order chi connectivity index (χ1) is 5.03. The largest absolute Gasteiger partial charge is 0.336 e. The van der Waals surface area contributed by atoms with Crippen molar-refractivity contribution in [3.05, 3.63) is 18.6 Å². The van der Waals surface area contributed by atoms with E-state index in [-0.39, 0.29) is 32.7 Å². The van der Waals surface area contributed by atoms with Crippen LogP contribution < -0.4 is 0 Å². The Balaban J connectivity index is 0.000000720. The minimum Gasteiger partial charge on any atom is -0.336 e. The molecule has 0 aromatic heterocycles. The second-order valence-corrected chi connectivity index (χ2v) is 4.79. The Morgan fingerprint density at radius 3 is 2.42 bits per heavy atom. The molecule has 1 radical (unpaired) electrons. The maximum absolute atomic E-state index is 4.19. The van der Waals surface area contributed by atoms with E-state index in [1.807, 2.05) is 0 Å². The zero-order valence-electron chi connectivity index (χ0n) is 8.30. The Bertz CT molecular complexity index is 215. The van der Waals surface area contributed by atoms with Crippen LogP contribution in [0.25, 0.3) is 0 Å². The van der Waals surface area contributed by atoms with Gasteiger partial charge in [0.1, 0.15) is 0 Å². The molecule has 0 heterocycles. The van der Waals surface area contributed by atoms with Crippen LogP contribution in [0.2, 0.25) is 0 Å². The normalized spacial score (nSPS) is 42.3. The van der Waals surface area contributed by atoms with Crippen LogP contribution in [0.3, 0.4) is 0 Å². The third-order valence-electron chi connectivity index (χ3n) is 3.89. The summed E-state index contributed by atoms with van der Waals surface area (Å²) >= 11 is 0. The second kappa shape index (κ2) is 3.21. The van der Waals surface area contributed by atoms with Gasteiger partial charge in [0.15, 0.2) is 0 Å². The SMILES string of the molecule is [CH2-]C1C=C(C)C2CC1C2(C)C.[Y]. The summed E-state index contributed by atoms with van der Waals surface area (Å²) in [7, 11) is 0. The molecule has 0 aliphatic heterocycles. The first kappa shape index (κ1) is 10.9. The van der Waals surface area contributed by atoms with Crippen molar-refractivity contribution in [2.45, 2.75) is 27.2 Å². The van der Waals surface area contributed by atoms with Crippen molar-refractivity contribution in [2.75, 3.05) is 0 Å². The quantitative estimate of drug-likeness (QED) is 0.449. The minimum atomic E-state index is 0. The molecule has 0 nitrogen and oxygen atoms in total. The summed E-state index contributed by atoms with van der Waals surface area (Å²) < 4.78 is 0. The first-order valence-electron chi connectivity index (χ1n) is 4.55. The molecular formula is C11H17Y-. The average molecular weight is 238 g/mol. The molecule has 0 spiro atoms. The second-order valence-electron chi connectivity index (χ2n) is 4.79. The molecule has 0 aromatic rings. The van der Waals surface area contributed by atoms with Gasteiger partial charge in [-0.15, -0.1) is 12.0 Å². The van der Waals surface area contributed by atoms with Gasteiger partial charge in [0.05, 0.1) is 0 Å². The maximum atomic E-state index is 4.19. The van der Waals surface area contributed by atoms with Gasteiger partial charge < -0.3 is 6.92 Å². The van der Waals surface area contributed by atoms with Crippen molar-refractivity contribution >= 4 is 0 Å². The Kier molecular flexibility index (Phi) is 2.92. The summed E-state index contributed by atoms with van der Waals surface area (Å²) in [6.07, 6.45) is 3.76. The van der Waals surface area contributed by atoms with E-state index in [1.54, 1.807) is 5.57 Å². The smallest absolute Gasteiger partial charge is 0 e. The van der Waals surface area contributed by atoms with Gasteiger partial charge >= 0.3 is 0 Å². The fourth-order valence-electron chi connectivity index (χ4n) is 3.03. The molecule has 3 unspecified atom stereocenters. The number of hydrogen-bond acceptors (Lipinski definition) is 0. The van der Waals surface area contributed by atoms with Crippen LogP contribution in [0.4, 0.5) is 0 Å². The third-order valence-corrected chi connectivity index (χ3v) is 3.89. The van der Waals surface area contributed by atoms with Gasteiger partial charge in [-0.25, -0.2) is 0 Å². The van der Waals surface area contributed by atoms with Crippen molar-refractivity contribution in [1.82, 2.24) is 0 Å². The van der Waals surface area contributed by atoms with Crippen LogP contribution in [0.5, 0.6) is 0 Å². The van der Waals surface area contributed by atoms with Crippen LogP contribution in [0.15, 0.2) is 11.6 Å². The van der Waals surface area contributed by atoms with Gasteiger partial charge in [0.2, 0.25) is 0 Å². The molecule has 65 valence electrons. The number of allylic oxidation sites excluding steroid dienone is 2. The van der Waals surface area contributed by atoms with Gasteiger partial charge in [-0.1, -0.05) is 25.3 Å². The molecule has 0 saturated heterocycles. The Labute approximate surface area is 101 Å². The molecule has 2 bridgehead atoms. The molecule has 0 amide bonds. The van der Waals surface area contributed by atoms with Crippen LogP contribution in [-0.2, 0) is 32.7 Å². The van der Waals surface area contributed by atoms with E-state index in [9.17, 15) is 0 Å². The Hall–Kier alpha value is 0.844. The molecule has 3 aliphatic carbocycles. The summed E-state index contributed by atoms with van der Waals surface area (Å²) in [5.74, 6) is 2.30. The topological polar surface area (TPSA) is 0 Å². The van der Waals surface area contributed by atoms with E-state index in [0.717, 1.165) is 11.8 Å². The van der Waals surface area contributed by atoms with Crippen molar-refractivity contribution < 1.29 is 32.7 Å². The third kappa shape index (κ3) is 1.26. The van der Waals surface area contributed by atoms with Crippen LogP contribution in [0.1, 0.15) is 27.2 Å². The summed E-state index contributed by atoms with van der Waals surface area (Å²) in [6.45, 7) is 11.2. The summed E-state index contributed by atoms with van der Waals surface area (Å²) in [5.41, 5.74) is 2.13. The minimum absolute atomic E-state index is 0.